The van der Waals surface area contributed by atoms with Gasteiger partial charge in [-0.1, -0.05) is 48.0 Å². The Labute approximate surface area is 244 Å². The van der Waals surface area contributed by atoms with Crippen molar-refractivity contribution in [1.82, 2.24) is 5.32 Å². The molecule has 0 fully saturated rings. The molecule has 0 spiro atoms. The number of nitro benzene ring substituents is 1. The van der Waals surface area contributed by atoms with Crippen LogP contribution in [-0.2, 0) is 9.59 Å². The average Bonchev–Trinajstić information content (AvgIpc) is 2.97. The Morgan fingerprint density at radius 1 is 0.829 bits per heavy atom. The summed E-state index contributed by atoms with van der Waals surface area (Å²) in [6.07, 6.45) is 1.26. The van der Waals surface area contributed by atoms with E-state index in [0.29, 0.717) is 26.9 Å². The van der Waals surface area contributed by atoms with Crippen LogP contribution in [0.1, 0.15) is 15.9 Å². The number of anilines is 2. The van der Waals surface area contributed by atoms with Gasteiger partial charge in [0, 0.05) is 32.9 Å². The predicted molar refractivity (Wildman–Crippen MR) is 161 cm³/mol. The average molecular weight is 587 g/mol. The second-order valence-electron chi connectivity index (χ2n) is 8.52. The van der Waals surface area contributed by atoms with E-state index in [2.05, 4.69) is 16.0 Å². The molecule has 0 aliphatic carbocycles. The SMILES string of the molecule is O=C(CSc1cccc(NC(=O)/C(=C\c2ccccc2[N+](=O)[O-])NC(=O)c2ccccc2)c1)Nc1ccc(Cl)cc1. The van der Waals surface area contributed by atoms with E-state index < -0.39 is 16.7 Å². The van der Waals surface area contributed by atoms with Gasteiger partial charge in [-0.2, -0.15) is 0 Å². The van der Waals surface area contributed by atoms with E-state index in [-0.39, 0.29) is 28.6 Å². The van der Waals surface area contributed by atoms with Crippen molar-refractivity contribution in [3.63, 3.8) is 0 Å². The third kappa shape index (κ3) is 8.53. The molecule has 206 valence electrons. The van der Waals surface area contributed by atoms with Crippen molar-refractivity contribution < 1.29 is 19.3 Å². The Kier molecular flexibility index (Phi) is 9.87. The molecular weight excluding hydrogens is 564 g/mol. The Bertz CT molecular complexity index is 1610. The van der Waals surface area contributed by atoms with Crippen LogP contribution in [0.4, 0.5) is 17.1 Å². The fourth-order valence-corrected chi connectivity index (χ4v) is 4.50. The molecule has 0 radical (unpaired) electrons. The number of rotatable bonds is 10. The van der Waals surface area contributed by atoms with Crippen LogP contribution in [0.25, 0.3) is 6.08 Å². The molecule has 4 aromatic carbocycles. The first kappa shape index (κ1) is 29.1. The third-order valence-corrected chi connectivity index (χ3v) is 6.80. The molecule has 0 unspecified atom stereocenters. The lowest BCUT2D eigenvalue weighted by molar-refractivity contribution is -0.385. The number of amides is 3. The van der Waals surface area contributed by atoms with Gasteiger partial charge in [0.2, 0.25) is 5.91 Å². The molecule has 11 heteroatoms. The summed E-state index contributed by atoms with van der Waals surface area (Å²) < 4.78 is 0. The standard InChI is InChI=1S/C30H23ClN4O5S/c31-22-13-15-23(16-14-22)32-28(36)19-41-25-11-6-10-24(18-25)33-30(38)26(34-29(37)20-7-2-1-3-8-20)17-21-9-4-5-12-27(21)35(39)40/h1-18H,19H2,(H,32,36)(H,33,38)(H,34,37)/b26-17+. The number of carbonyl (C=O) groups excluding carboxylic acids is 3. The molecule has 3 amide bonds. The minimum absolute atomic E-state index is 0.121. The van der Waals surface area contributed by atoms with Crippen molar-refractivity contribution in [1.29, 1.82) is 0 Å². The number of hydrogen-bond acceptors (Lipinski definition) is 6. The Morgan fingerprint density at radius 2 is 1.54 bits per heavy atom. The summed E-state index contributed by atoms with van der Waals surface area (Å²) in [6, 6.07) is 27.8. The van der Waals surface area contributed by atoms with Crippen LogP contribution in [0.2, 0.25) is 5.02 Å². The molecule has 4 rings (SSSR count). The zero-order valence-electron chi connectivity index (χ0n) is 21.4. The number of hydrogen-bond donors (Lipinski definition) is 3. The molecule has 9 nitrogen and oxygen atoms in total. The summed E-state index contributed by atoms with van der Waals surface area (Å²) in [5, 5.41) is 20.2. The van der Waals surface area contributed by atoms with E-state index >= 15 is 0 Å². The molecule has 0 aromatic heterocycles. The minimum atomic E-state index is -0.685. The Hall–Kier alpha value is -4.93. The van der Waals surface area contributed by atoms with Gasteiger partial charge in [-0.3, -0.25) is 24.5 Å². The van der Waals surface area contributed by atoms with Gasteiger partial charge in [0.25, 0.3) is 17.5 Å². The van der Waals surface area contributed by atoms with Gasteiger partial charge in [-0.05, 0) is 66.7 Å². The number of halogens is 1. The fourth-order valence-electron chi connectivity index (χ4n) is 3.62. The summed E-state index contributed by atoms with van der Waals surface area (Å²) in [6.45, 7) is 0. The molecule has 3 N–H and O–H groups in total. The van der Waals surface area contributed by atoms with Gasteiger partial charge in [-0.25, -0.2) is 0 Å². The molecule has 0 bridgehead atoms. The molecule has 0 atom stereocenters. The maximum atomic E-state index is 13.3. The molecule has 4 aromatic rings. The first-order chi connectivity index (χ1) is 19.8. The van der Waals surface area contributed by atoms with Crippen molar-refractivity contribution >= 4 is 64.2 Å². The van der Waals surface area contributed by atoms with Crippen molar-refractivity contribution in [3.05, 3.63) is 135 Å². The van der Waals surface area contributed by atoms with E-state index in [4.69, 9.17) is 11.6 Å². The van der Waals surface area contributed by atoms with Crippen LogP contribution in [-0.4, -0.2) is 28.4 Å². The Balaban J connectivity index is 1.49. The largest absolute Gasteiger partial charge is 0.325 e. The van der Waals surface area contributed by atoms with Crippen molar-refractivity contribution in [2.45, 2.75) is 4.90 Å². The highest BCUT2D eigenvalue weighted by atomic mass is 35.5. The highest BCUT2D eigenvalue weighted by molar-refractivity contribution is 8.00. The highest BCUT2D eigenvalue weighted by Gasteiger charge is 2.18. The smallest absolute Gasteiger partial charge is 0.276 e. The van der Waals surface area contributed by atoms with E-state index in [1.54, 1.807) is 84.9 Å². The fraction of sp³-hybridized carbons (Fsp3) is 0.0333. The lowest BCUT2D eigenvalue weighted by Gasteiger charge is -2.12. The molecular formula is C30H23ClN4O5S. The molecule has 0 aliphatic rings. The maximum Gasteiger partial charge on any atom is 0.276 e. The number of nitro groups is 1. The molecule has 0 saturated carbocycles. The summed E-state index contributed by atoms with van der Waals surface area (Å²) >= 11 is 7.14. The Morgan fingerprint density at radius 3 is 2.27 bits per heavy atom. The molecule has 0 aliphatic heterocycles. The summed E-state index contributed by atoms with van der Waals surface area (Å²) in [5.41, 5.74) is 1.07. The molecule has 41 heavy (non-hydrogen) atoms. The van der Waals surface area contributed by atoms with Crippen LogP contribution in [0.5, 0.6) is 0 Å². The predicted octanol–water partition coefficient (Wildman–Crippen LogP) is 6.39. The minimum Gasteiger partial charge on any atom is -0.325 e. The molecule has 0 heterocycles. The van der Waals surface area contributed by atoms with Crippen molar-refractivity contribution in [3.8, 4) is 0 Å². The zero-order chi connectivity index (χ0) is 29.2. The number of thioether (sulfide) groups is 1. The van der Waals surface area contributed by atoms with E-state index in [9.17, 15) is 24.5 Å². The highest BCUT2D eigenvalue weighted by Crippen LogP contribution is 2.24. The van der Waals surface area contributed by atoms with Crippen molar-refractivity contribution in [2.24, 2.45) is 0 Å². The number of nitrogens with zero attached hydrogens (tertiary/aromatic N) is 1. The summed E-state index contributed by atoms with van der Waals surface area (Å²) in [7, 11) is 0. The maximum absolute atomic E-state index is 13.3. The van der Waals surface area contributed by atoms with Crippen LogP contribution in [0, 0.1) is 10.1 Å². The number of para-hydroxylation sites is 1. The van der Waals surface area contributed by atoms with Gasteiger partial charge < -0.3 is 16.0 Å². The second kappa shape index (κ2) is 13.9. The molecule has 0 saturated heterocycles. The third-order valence-electron chi connectivity index (χ3n) is 5.55. The van der Waals surface area contributed by atoms with Crippen LogP contribution >= 0.6 is 23.4 Å². The van der Waals surface area contributed by atoms with Gasteiger partial charge in [-0.15, -0.1) is 11.8 Å². The number of carbonyl (C=O) groups is 3. The number of benzene rings is 4. The van der Waals surface area contributed by atoms with E-state index in [1.165, 1.54) is 36.0 Å². The second-order valence-corrected chi connectivity index (χ2v) is 10.0. The van der Waals surface area contributed by atoms with Gasteiger partial charge in [0.1, 0.15) is 5.70 Å². The number of nitrogens with one attached hydrogen (secondary N) is 3. The summed E-state index contributed by atoms with van der Waals surface area (Å²) in [5.74, 6) is -1.34. The van der Waals surface area contributed by atoms with Crippen LogP contribution < -0.4 is 16.0 Å². The van der Waals surface area contributed by atoms with Crippen LogP contribution in [0.15, 0.2) is 114 Å². The van der Waals surface area contributed by atoms with E-state index in [1.807, 2.05) is 0 Å². The van der Waals surface area contributed by atoms with Gasteiger partial charge >= 0.3 is 0 Å². The quantitative estimate of drug-likeness (QED) is 0.0854. The summed E-state index contributed by atoms with van der Waals surface area (Å²) in [4.78, 5) is 50.2. The first-order valence-corrected chi connectivity index (χ1v) is 13.6. The van der Waals surface area contributed by atoms with Crippen LogP contribution in [0.3, 0.4) is 0 Å². The van der Waals surface area contributed by atoms with Gasteiger partial charge in [0.05, 0.1) is 16.2 Å². The topological polar surface area (TPSA) is 130 Å². The normalized spacial score (nSPS) is 10.9. The zero-order valence-corrected chi connectivity index (χ0v) is 22.9. The van der Waals surface area contributed by atoms with Crippen molar-refractivity contribution in [2.75, 3.05) is 16.4 Å². The lowest BCUT2D eigenvalue weighted by atomic mass is 10.1. The first-order valence-electron chi connectivity index (χ1n) is 12.2. The lowest BCUT2D eigenvalue weighted by Crippen LogP contribution is -2.30. The van der Waals surface area contributed by atoms with E-state index in [0.717, 1.165) is 0 Å². The monoisotopic (exact) mass is 586 g/mol. The van der Waals surface area contributed by atoms with Gasteiger partial charge in [0.15, 0.2) is 0 Å².